The number of thioether (sulfide) groups is 1. The summed E-state index contributed by atoms with van der Waals surface area (Å²) < 4.78 is 11.3. The highest BCUT2D eigenvalue weighted by Gasteiger charge is 2.16. The predicted molar refractivity (Wildman–Crippen MR) is 119 cm³/mol. The molecule has 0 unspecified atom stereocenters. The third-order valence-corrected chi connectivity index (χ3v) is 5.59. The van der Waals surface area contributed by atoms with Crippen LogP contribution in [-0.2, 0) is 6.61 Å². The molecule has 0 spiro atoms. The van der Waals surface area contributed by atoms with Gasteiger partial charge in [0.2, 0.25) is 0 Å². The van der Waals surface area contributed by atoms with Crippen molar-refractivity contribution in [1.29, 1.82) is 5.26 Å². The van der Waals surface area contributed by atoms with E-state index < -0.39 is 5.56 Å². The number of rotatable bonds is 6. The lowest BCUT2D eigenvalue weighted by atomic mass is 10.1. The number of nitriles is 1. The lowest BCUT2D eigenvalue weighted by Gasteiger charge is -2.14. The van der Waals surface area contributed by atoms with Gasteiger partial charge in [-0.15, -0.1) is 0 Å². The number of hydrogen-bond acceptors (Lipinski definition) is 6. The smallest absolute Gasteiger partial charge is 0.270 e. The first-order valence-corrected chi connectivity index (χ1v) is 10.8. The highest BCUT2D eigenvalue weighted by atomic mass is 35.5. The molecule has 10 heteroatoms. The van der Waals surface area contributed by atoms with Gasteiger partial charge < -0.3 is 14.5 Å². The Morgan fingerprint density at radius 2 is 1.87 bits per heavy atom. The van der Waals surface area contributed by atoms with Crippen LogP contribution in [0.2, 0.25) is 15.1 Å². The van der Waals surface area contributed by atoms with E-state index >= 15 is 0 Å². The number of aromatic amines is 1. The molecule has 6 nitrogen and oxygen atoms in total. The Hall–Kier alpha value is -2.37. The number of H-pyrrole nitrogens is 1. The van der Waals surface area contributed by atoms with Crippen LogP contribution in [0.1, 0.15) is 11.1 Å². The molecule has 0 bridgehead atoms. The summed E-state index contributed by atoms with van der Waals surface area (Å²) in [6, 6.07) is 10.1. The molecule has 0 atom stereocenters. The van der Waals surface area contributed by atoms with E-state index in [1.807, 2.05) is 6.07 Å². The van der Waals surface area contributed by atoms with Crippen LogP contribution in [0.25, 0.3) is 11.3 Å². The molecule has 0 aliphatic heterocycles. The molecule has 0 fully saturated rings. The van der Waals surface area contributed by atoms with E-state index in [0.717, 1.165) is 0 Å². The Bertz CT molecular complexity index is 1190. The summed E-state index contributed by atoms with van der Waals surface area (Å²) in [6.07, 6.45) is 1.78. The third kappa shape index (κ3) is 4.68. The van der Waals surface area contributed by atoms with Crippen molar-refractivity contribution in [2.24, 2.45) is 0 Å². The minimum absolute atomic E-state index is 0.0803. The van der Waals surface area contributed by atoms with Gasteiger partial charge in [0.15, 0.2) is 16.7 Å². The monoisotopic (exact) mass is 481 g/mol. The number of benzene rings is 2. The van der Waals surface area contributed by atoms with Gasteiger partial charge in [0.05, 0.1) is 22.8 Å². The Morgan fingerprint density at radius 3 is 2.47 bits per heavy atom. The number of hydrogen-bond donors (Lipinski definition) is 1. The van der Waals surface area contributed by atoms with Crippen LogP contribution in [0.15, 0.2) is 40.3 Å². The van der Waals surface area contributed by atoms with E-state index in [9.17, 15) is 10.1 Å². The predicted octanol–water partition coefficient (Wildman–Crippen LogP) is 5.58. The molecule has 1 aromatic heterocycles. The molecule has 0 saturated carbocycles. The highest BCUT2D eigenvalue weighted by Crippen LogP contribution is 2.35. The molecule has 1 heterocycles. The Morgan fingerprint density at radius 1 is 1.17 bits per heavy atom. The van der Waals surface area contributed by atoms with Crippen molar-refractivity contribution in [2.75, 3.05) is 13.4 Å². The number of aromatic nitrogens is 2. The van der Waals surface area contributed by atoms with Gasteiger partial charge in [-0.2, -0.15) is 5.26 Å². The topological polar surface area (TPSA) is 88.0 Å². The van der Waals surface area contributed by atoms with Gasteiger partial charge in [-0.3, -0.25) is 4.79 Å². The van der Waals surface area contributed by atoms with Crippen LogP contribution >= 0.6 is 46.6 Å². The van der Waals surface area contributed by atoms with Gasteiger partial charge in [0, 0.05) is 16.1 Å². The van der Waals surface area contributed by atoms with Crippen molar-refractivity contribution >= 4 is 46.6 Å². The summed E-state index contributed by atoms with van der Waals surface area (Å²) in [5.41, 5.74) is 0.807. The standard InChI is InChI=1S/C20H14Cl3N3O3S/c1-28-17-5-10(18-12(8-24)19(27)26-20(25-18)30-2)3-4-16(17)29-9-13-14(22)6-11(21)7-15(13)23/h3-7H,9H2,1-2H3,(H,25,26,27). The quantitative estimate of drug-likeness (QED) is 0.364. The Labute approximate surface area is 191 Å². The minimum Gasteiger partial charge on any atom is -0.493 e. The molecule has 30 heavy (non-hydrogen) atoms. The largest absolute Gasteiger partial charge is 0.493 e. The number of ether oxygens (including phenoxy) is 2. The van der Waals surface area contributed by atoms with Crippen molar-refractivity contribution in [1.82, 2.24) is 9.97 Å². The van der Waals surface area contributed by atoms with Crippen LogP contribution in [0, 0.1) is 11.3 Å². The zero-order chi connectivity index (χ0) is 21.8. The molecule has 3 rings (SSSR count). The molecule has 154 valence electrons. The van der Waals surface area contributed by atoms with Gasteiger partial charge in [0.1, 0.15) is 18.2 Å². The van der Waals surface area contributed by atoms with Crippen molar-refractivity contribution in [2.45, 2.75) is 11.8 Å². The second kappa shape index (κ2) is 9.63. The number of halogens is 3. The van der Waals surface area contributed by atoms with E-state index in [-0.39, 0.29) is 17.9 Å². The second-order valence-electron chi connectivity index (χ2n) is 5.91. The zero-order valence-electron chi connectivity index (χ0n) is 15.8. The van der Waals surface area contributed by atoms with Crippen LogP contribution in [0.3, 0.4) is 0 Å². The van der Waals surface area contributed by atoms with E-state index in [0.29, 0.717) is 42.9 Å². The summed E-state index contributed by atoms with van der Waals surface area (Å²) in [5.74, 6) is 0.821. The van der Waals surface area contributed by atoms with E-state index in [4.69, 9.17) is 44.3 Å². The fourth-order valence-electron chi connectivity index (χ4n) is 2.66. The molecule has 3 aromatic rings. The van der Waals surface area contributed by atoms with Crippen LogP contribution in [-0.4, -0.2) is 23.3 Å². The number of nitrogens with zero attached hydrogens (tertiary/aromatic N) is 2. The third-order valence-electron chi connectivity index (χ3n) is 4.12. The minimum atomic E-state index is -0.502. The SMILES string of the molecule is COc1cc(-c2nc(SC)[nH]c(=O)c2C#N)ccc1OCc1c(Cl)cc(Cl)cc1Cl. The first kappa shape index (κ1) is 22.3. The van der Waals surface area contributed by atoms with E-state index in [1.54, 1.807) is 36.6 Å². The number of methoxy groups -OCH3 is 1. The van der Waals surface area contributed by atoms with Gasteiger partial charge in [0.25, 0.3) is 5.56 Å². The highest BCUT2D eigenvalue weighted by molar-refractivity contribution is 7.98. The average molecular weight is 483 g/mol. The molecule has 0 radical (unpaired) electrons. The summed E-state index contributed by atoms with van der Waals surface area (Å²) in [6.45, 7) is 0.0911. The van der Waals surface area contributed by atoms with Gasteiger partial charge >= 0.3 is 0 Å². The zero-order valence-corrected chi connectivity index (χ0v) is 18.8. The molecule has 2 aromatic carbocycles. The second-order valence-corrected chi connectivity index (χ2v) is 7.96. The lowest BCUT2D eigenvalue weighted by molar-refractivity contribution is 0.285. The summed E-state index contributed by atoms with van der Waals surface area (Å²) in [5, 5.41) is 11.0. The average Bonchev–Trinajstić information content (AvgIpc) is 2.72. The van der Waals surface area contributed by atoms with Gasteiger partial charge in [-0.05, 0) is 36.6 Å². The molecule has 0 amide bonds. The van der Waals surface area contributed by atoms with Crippen LogP contribution in [0.4, 0.5) is 0 Å². The van der Waals surface area contributed by atoms with Crippen LogP contribution in [0.5, 0.6) is 11.5 Å². The van der Waals surface area contributed by atoms with E-state index in [1.165, 1.54) is 18.9 Å². The van der Waals surface area contributed by atoms with Gasteiger partial charge in [-0.1, -0.05) is 46.6 Å². The summed E-state index contributed by atoms with van der Waals surface area (Å²) >= 11 is 19.6. The van der Waals surface area contributed by atoms with Crippen molar-refractivity contribution in [3.8, 4) is 28.8 Å². The maximum Gasteiger partial charge on any atom is 0.270 e. The fraction of sp³-hybridized carbons (Fsp3) is 0.150. The molecular formula is C20H14Cl3N3O3S. The summed E-state index contributed by atoms with van der Waals surface area (Å²) in [4.78, 5) is 19.1. The first-order valence-electron chi connectivity index (χ1n) is 8.41. The van der Waals surface area contributed by atoms with Crippen molar-refractivity contribution in [3.63, 3.8) is 0 Å². The molecule has 0 aliphatic carbocycles. The molecule has 0 saturated heterocycles. The normalized spacial score (nSPS) is 10.5. The maximum absolute atomic E-state index is 12.2. The van der Waals surface area contributed by atoms with Crippen LogP contribution < -0.4 is 15.0 Å². The maximum atomic E-state index is 12.2. The Kier molecular flexibility index (Phi) is 7.16. The van der Waals surface area contributed by atoms with E-state index in [2.05, 4.69) is 9.97 Å². The Balaban J connectivity index is 1.96. The molecule has 1 N–H and O–H groups in total. The first-order chi connectivity index (χ1) is 14.4. The summed E-state index contributed by atoms with van der Waals surface area (Å²) in [7, 11) is 1.48. The van der Waals surface area contributed by atoms with Crippen molar-refractivity contribution in [3.05, 3.63) is 66.9 Å². The molecular weight excluding hydrogens is 469 g/mol. The van der Waals surface area contributed by atoms with Crippen molar-refractivity contribution < 1.29 is 9.47 Å². The fourth-order valence-corrected chi connectivity index (χ4v) is 3.96. The molecule has 0 aliphatic rings. The number of nitrogens with one attached hydrogen (secondary N) is 1. The van der Waals surface area contributed by atoms with Gasteiger partial charge in [-0.25, -0.2) is 4.98 Å². The lowest BCUT2D eigenvalue weighted by Crippen LogP contribution is -2.14.